The Balaban J connectivity index is 1.93. The van der Waals surface area contributed by atoms with Crippen LogP contribution in [0.2, 0.25) is 0 Å². The molecule has 0 aliphatic rings. The Morgan fingerprint density at radius 3 is 2.60 bits per heavy atom. The van der Waals surface area contributed by atoms with Gasteiger partial charge in [0.1, 0.15) is 17.5 Å². The lowest BCUT2D eigenvalue weighted by Crippen LogP contribution is -2.08. The molecule has 0 fully saturated rings. The molecule has 0 spiro atoms. The van der Waals surface area contributed by atoms with Gasteiger partial charge in [-0.3, -0.25) is 5.32 Å². The minimum absolute atomic E-state index is 0.506. The molecule has 0 radical (unpaired) electrons. The first-order valence-electron chi connectivity index (χ1n) is 6.16. The normalized spacial score (nSPS) is 9.85. The van der Waals surface area contributed by atoms with Crippen LogP contribution in [0, 0.1) is 18.4 Å². The predicted molar refractivity (Wildman–Crippen MR) is 82.3 cm³/mol. The number of halogens is 1. The Labute approximate surface area is 126 Å². The van der Waals surface area contributed by atoms with Crippen LogP contribution in [0.25, 0.3) is 0 Å². The Bertz CT molecular complexity index is 618. The molecule has 0 saturated carbocycles. The molecule has 2 N–H and O–H groups in total. The maximum absolute atomic E-state index is 8.60. The van der Waals surface area contributed by atoms with Crippen LogP contribution in [0.4, 0.5) is 11.6 Å². The second-order valence-electron chi connectivity index (χ2n) is 4.23. The van der Waals surface area contributed by atoms with E-state index >= 15 is 0 Å². The van der Waals surface area contributed by atoms with Crippen molar-refractivity contribution in [3.8, 4) is 6.19 Å². The van der Waals surface area contributed by atoms with Gasteiger partial charge in [0.2, 0.25) is 0 Å². The molecule has 0 atom stereocenters. The Hall–Kier alpha value is -2.13. The number of hydrogen-bond donors (Lipinski definition) is 2. The first-order valence-corrected chi connectivity index (χ1v) is 6.96. The van der Waals surface area contributed by atoms with E-state index in [0.717, 1.165) is 17.4 Å². The van der Waals surface area contributed by atoms with Gasteiger partial charge in [0, 0.05) is 17.1 Å². The maximum Gasteiger partial charge on any atom is 0.182 e. The lowest BCUT2D eigenvalue weighted by molar-refractivity contribution is 0.982. The summed E-state index contributed by atoms with van der Waals surface area (Å²) in [5.74, 6) is 1.84. The van der Waals surface area contributed by atoms with Crippen LogP contribution in [0.3, 0.4) is 0 Å². The highest BCUT2D eigenvalue weighted by Crippen LogP contribution is 2.13. The van der Waals surface area contributed by atoms with Gasteiger partial charge in [-0.25, -0.2) is 9.97 Å². The lowest BCUT2D eigenvalue weighted by Gasteiger charge is -2.08. The third-order valence-electron chi connectivity index (χ3n) is 2.65. The van der Waals surface area contributed by atoms with E-state index in [1.165, 1.54) is 5.56 Å². The molecule has 0 bridgehead atoms. The molecule has 1 aromatic heterocycles. The van der Waals surface area contributed by atoms with Crippen LogP contribution in [-0.4, -0.2) is 16.5 Å². The molecule has 1 aromatic carbocycles. The van der Waals surface area contributed by atoms with Gasteiger partial charge in [0.05, 0.1) is 0 Å². The van der Waals surface area contributed by atoms with Crippen molar-refractivity contribution in [2.75, 3.05) is 17.2 Å². The zero-order valence-electron chi connectivity index (χ0n) is 11.0. The number of benzene rings is 1. The molecule has 102 valence electrons. The summed E-state index contributed by atoms with van der Waals surface area (Å²) in [4.78, 5) is 8.39. The fraction of sp³-hybridized carbons (Fsp3) is 0.214. The van der Waals surface area contributed by atoms with Crippen molar-refractivity contribution in [2.24, 2.45) is 0 Å². The highest BCUT2D eigenvalue weighted by Gasteiger charge is 2.01. The largest absolute Gasteiger partial charge is 0.370 e. The van der Waals surface area contributed by atoms with E-state index in [1.54, 1.807) is 13.0 Å². The summed E-state index contributed by atoms with van der Waals surface area (Å²) in [6, 6.07) is 9.94. The third-order valence-corrected chi connectivity index (χ3v) is 3.18. The fourth-order valence-corrected chi connectivity index (χ4v) is 2.03. The molecule has 2 rings (SSSR count). The van der Waals surface area contributed by atoms with Crippen molar-refractivity contribution in [1.29, 1.82) is 5.26 Å². The summed E-state index contributed by atoms with van der Waals surface area (Å²) >= 11 is 3.42. The molecule has 0 unspecified atom stereocenters. The van der Waals surface area contributed by atoms with Crippen LogP contribution < -0.4 is 10.6 Å². The van der Waals surface area contributed by atoms with Crippen molar-refractivity contribution >= 4 is 27.6 Å². The number of nitrogens with zero attached hydrogens (tertiary/aromatic N) is 3. The monoisotopic (exact) mass is 331 g/mol. The van der Waals surface area contributed by atoms with Crippen LogP contribution in [0.5, 0.6) is 0 Å². The molecule has 2 aromatic rings. The summed E-state index contributed by atoms with van der Waals surface area (Å²) in [5.41, 5.74) is 1.25. The van der Waals surface area contributed by atoms with E-state index in [2.05, 4.69) is 48.7 Å². The van der Waals surface area contributed by atoms with Gasteiger partial charge in [-0.15, -0.1) is 0 Å². The average molecular weight is 332 g/mol. The van der Waals surface area contributed by atoms with Crippen molar-refractivity contribution in [1.82, 2.24) is 9.97 Å². The average Bonchev–Trinajstić information content (AvgIpc) is 2.41. The zero-order chi connectivity index (χ0) is 14.4. The first kappa shape index (κ1) is 14.3. The summed E-state index contributed by atoms with van der Waals surface area (Å²) in [5, 5.41) is 14.4. The molecule has 5 nitrogen and oxygen atoms in total. The molecule has 6 heteroatoms. The molecule has 20 heavy (non-hydrogen) atoms. The summed E-state index contributed by atoms with van der Waals surface area (Å²) in [6.07, 6.45) is 2.75. The van der Waals surface area contributed by atoms with E-state index < -0.39 is 0 Å². The highest BCUT2D eigenvalue weighted by molar-refractivity contribution is 9.10. The fourth-order valence-electron chi connectivity index (χ4n) is 1.77. The van der Waals surface area contributed by atoms with E-state index in [1.807, 2.05) is 18.3 Å². The highest BCUT2D eigenvalue weighted by atomic mass is 79.9. The predicted octanol–water partition coefficient (Wildman–Crippen LogP) is 3.10. The standard InChI is InChI=1S/C14H14BrN5/c1-10-19-13(8-14(20-10)18-9-16)17-7-6-11-2-4-12(15)5-3-11/h2-5,8H,6-7H2,1H3,(H2,17,18,19,20). The van der Waals surface area contributed by atoms with Crippen molar-refractivity contribution in [3.05, 3.63) is 46.2 Å². The van der Waals surface area contributed by atoms with Gasteiger partial charge < -0.3 is 5.32 Å². The second-order valence-corrected chi connectivity index (χ2v) is 5.14. The van der Waals surface area contributed by atoms with Crippen molar-refractivity contribution in [3.63, 3.8) is 0 Å². The van der Waals surface area contributed by atoms with Gasteiger partial charge in [-0.2, -0.15) is 5.26 Å². The molecule has 0 aliphatic heterocycles. The topological polar surface area (TPSA) is 73.6 Å². The van der Waals surface area contributed by atoms with Gasteiger partial charge in [-0.05, 0) is 31.0 Å². The summed E-state index contributed by atoms with van der Waals surface area (Å²) in [7, 11) is 0. The summed E-state index contributed by atoms with van der Waals surface area (Å²) < 4.78 is 1.08. The molecule has 1 heterocycles. The number of hydrogen-bond acceptors (Lipinski definition) is 5. The number of aromatic nitrogens is 2. The summed E-state index contributed by atoms with van der Waals surface area (Å²) in [6.45, 7) is 2.56. The number of rotatable bonds is 5. The van der Waals surface area contributed by atoms with Crippen LogP contribution in [0.1, 0.15) is 11.4 Å². The zero-order valence-corrected chi connectivity index (χ0v) is 12.6. The Morgan fingerprint density at radius 1 is 1.20 bits per heavy atom. The molecule has 0 amide bonds. The quantitative estimate of drug-likeness (QED) is 0.650. The second kappa shape index (κ2) is 6.87. The van der Waals surface area contributed by atoms with Crippen LogP contribution in [-0.2, 0) is 6.42 Å². The van der Waals surface area contributed by atoms with E-state index in [-0.39, 0.29) is 0 Å². The molecule has 0 saturated heterocycles. The van der Waals surface area contributed by atoms with Gasteiger partial charge in [-0.1, -0.05) is 28.1 Å². The molecule has 0 aliphatic carbocycles. The first-order chi connectivity index (χ1) is 9.67. The van der Waals surface area contributed by atoms with Gasteiger partial charge in [0.15, 0.2) is 6.19 Å². The Morgan fingerprint density at radius 2 is 1.90 bits per heavy atom. The van der Waals surface area contributed by atoms with Crippen LogP contribution in [0.15, 0.2) is 34.8 Å². The number of nitriles is 1. The van der Waals surface area contributed by atoms with E-state index in [9.17, 15) is 0 Å². The SMILES string of the molecule is Cc1nc(NC#N)cc(NCCc2ccc(Br)cc2)n1. The van der Waals surface area contributed by atoms with Crippen molar-refractivity contribution < 1.29 is 0 Å². The number of nitrogens with one attached hydrogen (secondary N) is 2. The van der Waals surface area contributed by atoms with Crippen molar-refractivity contribution in [2.45, 2.75) is 13.3 Å². The smallest absolute Gasteiger partial charge is 0.182 e. The Kier molecular flexibility index (Phi) is 4.91. The van der Waals surface area contributed by atoms with E-state index in [4.69, 9.17) is 5.26 Å². The molecular weight excluding hydrogens is 318 g/mol. The van der Waals surface area contributed by atoms with E-state index in [0.29, 0.717) is 17.5 Å². The van der Waals surface area contributed by atoms with Gasteiger partial charge >= 0.3 is 0 Å². The third kappa shape index (κ3) is 4.21. The van der Waals surface area contributed by atoms with Gasteiger partial charge in [0.25, 0.3) is 0 Å². The van der Waals surface area contributed by atoms with Crippen LogP contribution >= 0.6 is 15.9 Å². The number of anilines is 2. The minimum Gasteiger partial charge on any atom is -0.370 e. The lowest BCUT2D eigenvalue weighted by atomic mass is 10.1. The number of aryl methyl sites for hydroxylation is 1. The maximum atomic E-state index is 8.60. The molecular formula is C14H14BrN5. The minimum atomic E-state index is 0.506.